The molecule has 2 rings (SSSR count). The van der Waals surface area contributed by atoms with E-state index in [1.807, 2.05) is 13.8 Å². The van der Waals surface area contributed by atoms with Crippen molar-refractivity contribution in [3.63, 3.8) is 0 Å². The van der Waals surface area contributed by atoms with E-state index in [4.69, 9.17) is 0 Å². The Labute approximate surface area is 167 Å². The number of rotatable bonds is 1. The minimum Gasteiger partial charge on any atom is -0.339 e. The van der Waals surface area contributed by atoms with E-state index in [-0.39, 0.29) is 84.1 Å². The van der Waals surface area contributed by atoms with Crippen molar-refractivity contribution < 1.29 is 84.1 Å². The molecule has 0 aromatic carbocycles. The van der Waals surface area contributed by atoms with Gasteiger partial charge in [-0.1, -0.05) is 39.5 Å². The summed E-state index contributed by atoms with van der Waals surface area (Å²) >= 11 is 0. The molecule has 2 nitrogen and oxygen atoms in total. The van der Waals surface area contributed by atoms with Crippen molar-refractivity contribution in [1.82, 2.24) is 10.2 Å². The summed E-state index contributed by atoms with van der Waals surface area (Å²) in [5.41, 5.74) is 3.71. The molecular formula is C12H18KN2Y-. The fourth-order valence-electron chi connectivity index (χ4n) is 1.75. The fraction of sp³-hybridized carbons (Fsp3) is 0.583. The third kappa shape index (κ3) is 5.64. The Morgan fingerprint density at radius 2 is 1.88 bits per heavy atom. The molecule has 1 aliphatic carbocycles. The Morgan fingerprint density at radius 1 is 1.25 bits per heavy atom. The fourth-order valence-corrected chi connectivity index (χ4v) is 1.75. The Balaban J connectivity index is 0. The van der Waals surface area contributed by atoms with E-state index in [2.05, 4.69) is 23.3 Å². The van der Waals surface area contributed by atoms with Gasteiger partial charge in [-0.05, 0) is 5.69 Å². The third-order valence-electron chi connectivity index (χ3n) is 2.41. The molecule has 0 atom stereocenters. The van der Waals surface area contributed by atoms with Gasteiger partial charge in [0.2, 0.25) is 0 Å². The SMILES string of the molecule is CC.[CH2-]Cc1nn[c-]c2c1CCCC2.[K+].[Y]. The zero-order valence-electron chi connectivity index (χ0n) is 10.7. The van der Waals surface area contributed by atoms with Crippen LogP contribution in [0.3, 0.4) is 0 Å². The van der Waals surface area contributed by atoms with Crippen LogP contribution < -0.4 is 51.4 Å². The van der Waals surface area contributed by atoms with Crippen molar-refractivity contribution >= 4 is 0 Å². The van der Waals surface area contributed by atoms with Crippen LogP contribution in [0.1, 0.15) is 43.5 Å². The monoisotopic (exact) mass is 318 g/mol. The molecule has 1 radical (unpaired) electrons. The first kappa shape index (κ1) is 20.1. The van der Waals surface area contributed by atoms with Gasteiger partial charge in [-0.15, -0.1) is 6.20 Å². The predicted molar refractivity (Wildman–Crippen MR) is 57.9 cm³/mol. The summed E-state index contributed by atoms with van der Waals surface area (Å²) in [7, 11) is 0. The maximum Gasteiger partial charge on any atom is 1.00 e. The van der Waals surface area contributed by atoms with Crippen molar-refractivity contribution in [3.8, 4) is 0 Å². The first-order valence-corrected chi connectivity index (χ1v) is 5.46. The molecule has 4 heteroatoms. The minimum absolute atomic E-state index is 0. The average Bonchev–Trinajstić information content (AvgIpc) is 2.31. The van der Waals surface area contributed by atoms with Gasteiger partial charge in [0.1, 0.15) is 0 Å². The second-order valence-electron chi connectivity index (χ2n) is 3.17. The Kier molecular flexibility index (Phi) is 15.0. The molecule has 1 aliphatic rings. The largest absolute Gasteiger partial charge is 1.00 e. The maximum atomic E-state index is 4.04. The molecule has 0 saturated heterocycles. The van der Waals surface area contributed by atoms with Crippen molar-refractivity contribution in [2.75, 3.05) is 0 Å². The second kappa shape index (κ2) is 11.9. The van der Waals surface area contributed by atoms with Gasteiger partial charge in [-0.3, -0.25) is 5.10 Å². The first-order chi connectivity index (χ1) is 6.92. The second-order valence-corrected chi connectivity index (χ2v) is 3.17. The minimum atomic E-state index is 0. The molecule has 0 unspecified atom stereocenters. The standard InChI is InChI=1S/C10H12N2.C2H6.K.Y/c1-2-10-9-6-4-3-5-8(9)7-11-12-10;1-2;;/h1-6H2;1-2H3;;/q-2;;+1;. The van der Waals surface area contributed by atoms with Crippen LogP contribution in [-0.4, -0.2) is 10.2 Å². The summed E-state index contributed by atoms with van der Waals surface area (Å²) in [5, 5.41) is 7.90. The van der Waals surface area contributed by atoms with Gasteiger partial charge in [-0.25, -0.2) is 0 Å². The van der Waals surface area contributed by atoms with Crippen molar-refractivity contribution in [1.29, 1.82) is 0 Å². The van der Waals surface area contributed by atoms with Gasteiger partial charge in [-0.2, -0.15) is 22.6 Å². The van der Waals surface area contributed by atoms with Gasteiger partial charge in [0.25, 0.3) is 0 Å². The van der Waals surface area contributed by atoms with E-state index < -0.39 is 0 Å². The topological polar surface area (TPSA) is 25.8 Å². The molecule has 0 amide bonds. The molecule has 1 heterocycles. The molecule has 0 spiro atoms. The molecule has 1 aromatic rings. The molecule has 0 fully saturated rings. The van der Waals surface area contributed by atoms with Crippen LogP contribution in [0.15, 0.2) is 0 Å². The zero-order valence-corrected chi connectivity index (χ0v) is 16.7. The van der Waals surface area contributed by atoms with Crippen molar-refractivity contribution in [3.05, 3.63) is 29.9 Å². The van der Waals surface area contributed by atoms with Gasteiger partial charge in [0.15, 0.2) is 0 Å². The molecule has 81 valence electrons. The number of fused-ring (bicyclic) bond motifs is 1. The molecule has 1 aromatic heterocycles. The van der Waals surface area contributed by atoms with Gasteiger partial charge < -0.3 is 6.92 Å². The van der Waals surface area contributed by atoms with Crippen LogP contribution in [0, 0.1) is 13.1 Å². The van der Waals surface area contributed by atoms with Crippen molar-refractivity contribution in [2.45, 2.75) is 46.0 Å². The number of hydrogen-bond donors (Lipinski definition) is 0. The van der Waals surface area contributed by atoms with Crippen LogP contribution in [0.5, 0.6) is 0 Å². The van der Waals surface area contributed by atoms with E-state index in [1.165, 1.54) is 24.0 Å². The van der Waals surface area contributed by atoms with Crippen molar-refractivity contribution in [2.24, 2.45) is 0 Å². The quantitative estimate of drug-likeness (QED) is 0.518. The van der Waals surface area contributed by atoms with E-state index >= 15 is 0 Å². The molecule has 0 aliphatic heterocycles. The van der Waals surface area contributed by atoms with Crippen LogP contribution in [0.4, 0.5) is 0 Å². The third-order valence-corrected chi connectivity index (χ3v) is 2.41. The van der Waals surface area contributed by atoms with E-state index in [0.717, 1.165) is 25.0 Å². The predicted octanol–water partition coefficient (Wildman–Crippen LogP) is -0.440. The summed E-state index contributed by atoms with van der Waals surface area (Å²) in [5.74, 6) is 0. The summed E-state index contributed by atoms with van der Waals surface area (Å²) in [6.07, 6.45) is 8.54. The molecule has 0 N–H and O–H groups in total. The summed E-state index contributed by atoms with van der Waals surface area (Å²) in [6, 6.07) is 0. The Bertz CT molecular complexity index is 278. The Morgan fingerprint density at radius 3 is 2.50 bits per heavy atom. The molecule has 0 bridgehead atoms. The van der Waals surface area contributed by atoms with E-state index in [0.29, 0.717) is 0 Å². The summed E-state index contributed by atoms with van der Waals surface area (Å²) in [6.45, 7) is 7.85. The number of hydrogen-bond acceptors (Lipinski definition) is 2. The van der Waals surface area contributed by atoms with E-state index in [9.17, 15) is 0 Å². The zero-order chi connectivity index (χ0) is 10.4. The number of aryl methyl sites for hydroxylation is 1. The number of nitrogens with zero attached hydrogens (tertiary/aromatic N) is 2. The number of aromatic nitrogens is 2. The summed E-state index contributed by atoms with van der Waals surface area (Å²) in [4.78, 5) is 0. The maximum absolute atomic E-state index is 4.04. The smallest absolute Gasteiger partial charge is 0.339 e. The van der Waals surface area contributed by atoms with E-state index in [1.54, 1.807) is 0 Å². The summed E-state index contributed by atoms with van der Waals surface area (Å²) < 4.78 is 0. The molecule has 0 saturated carbocycles. The van der Waals surface area contributed by atoms with Crippen LogP contribution in [0.2, 0.25) is 0 Å². The normalized spacial score (nSPS) is 12.2. The van der Waals surface area contributed by atoms with Gasteiger partial charge >= 0.3 is 51.4 Å². The average molecular weight is 318 g/mol. The van der Waals surface area contributed by atoms with Crippen LogP contribution in [0.25, 0.3) is 0 Å². The first-order valence-electron chi connectivity index (χ1n) is 5.46. The van der Waals surface area contributed by atoms with Crippen LogP contribution in [-0.2, 0) is 52.0 Å². The van der Waals surface area contributed by atoms with Crippen LogP contribution >= 0.6 is 0 Å². The van der Waals surface area contributed by atoms with Gasteiger partial charge in [0.05, 0.1) is 0 Å². The molecule has 16 heavy (non-hydrogen) atoms. The Hall–Kier alpha value is 1.82. The van der Waals surface area contributed by atoms with Gasteiger partial charge in [0, 0.05) is 32.7 Å². The molecular weight excluding hydrogens is 300 g/mol.